The van der Waals surface area contributed by atoms with E-state index in [-0.39, 0.29) is 17.7 Å². The summed E-state index contributed by atoms with van der Waals surface area (Å²) >= 11 is 0. The Labute approximate surface area is 203 Å². The second-order valence-electron chi connectivity index (χ2n) is 9.94. The Bertz CT molecular complexity index is 1180. The lowest BCUT2D eigenvalue weighted by atomic mass is 9.88. The van der Waals surface area contributed by atoms with E-state index in [1.165, 1.54) is 13.8 Å². The van der Waals surface area contributed by atoms with Crippen LogP contribution in [-0.4, -0.2) is 28.3 Å². The third kappa shape index (κ3) is 5.26. The first kappa shape index (κ1) is 24.9. The molecule has 1 saturated carbocycles. The molecule has 0 spiro atoms. The number of fused-ring (bicyclic) bond motifs is 1. The maximum absolute atomic E-state index is 13.5. The molecule has 0 amide bonds. The summed E-state index contributed by atoms with van der Waals surface area (Å²) in [5, 5.41) is 10.3. The number of nitrogens with two attached hydrogens (primary N) is 1. The van der Waals surface area contributed by atoms with Crippen molar-refractivity contribution in [3.05, 3.63) is 52.7 Å². The number of ether oxygens (including phenoxy) is 2. The van der Waals surface area contributed by atoms with Crippen LogP contribution in [0, 0.1) is 12.8 Å². The molecule has 2 aliphatic carbocycles. The molecule has 1 unspecified atom stereocenters. The topological polar surface area (TPSA) is 94.7 Å². The Hall–Kier alpha value is -3.16. The predicted octanol–water partition coefficient (Wildman–Crippen LogP) is 6.01. The van der Waals surface area contributed by atoms with Gasteiger partial charge in [-0.05, 0) is 81.6 Å². The minimum atomic E-state index is -3.02. The summed E-state index contributed by atoms with van der Waals surface area (Å²) < 4.78 is 37.9. The molecule has 6 nitrogen and oxygen atoms in total. The minimum Gasteiger partial charge on any atom is -0.478 e. The van der Waals surface area contributed by atoms with Gasteiger partial charge in [0.1, 0.15) is 5.75 Å². The van der Waals surface area contributed by atoms with Crippen LogP contribution >= 0.6 is 0 Å². The number of aliphatic carboxylic acids is 1. The molecule has 1 heterocycles. The molecule has 1 aromatic heterocycles. The molecular formula is C27H32F2N2O4. The molecule has 8 heteroatoms. The van der Waals surface area contributed by atoms with E-state index in [2.05, 4.69) is 4.98 Å². The molecule has 0 saturated heterocycles. The maximum Gasteiger partial charge on any atom is 0.388 e. The molecule has 3 N–H and O–H groups in total. The van der Waals surface area contributed by atoms with Crippen LogP contribution in [0.2, 0.25) is 0 Å². The molecule has 0 bridgehead atoms. The molecule has 1 fully saturated rings. The van der Waals surface area contributed by atoms with Gasteiger partial charge in [0.25, 0.3) is 0 Å². The van der Waals surface area contributed by atoms with Crippen LogP contribution in [0.25, 0.3) is 10.9 Å². The molecule has 1 aromatic carbocycles. The first-order chi connectivity index (χ1) is 16.6. The van der Waals surface area contributed by atoms with Crippen molar-refractivity contribution < 1.29 is 28.2 Å². The van der Waals surface area contributed by atoms with Gasteiger partial charge in [-0.3, -0.25) is 0 Å². The van der Waals surface area contributed by atoms with Crippen LogP contribution in [0.4, 0.5) is 8.78 Å². The SMILES string of the molecule is Cc1c(CC2C=CC(N)=CC2)c(OC(F)F)nc2c(C3CCCC3)ccc(OC(C)(C)C(=O)O)c12. The summed E-state index contributed by atoms with van der Waals surface area (Å²) in [5.74, 6) is -0.531. The molecule has 4 rings (SSSR count). The second kappa shape index (κ2) is 9.84. The highest BCUT2D eigenvalue weighted by Crippen LogP contribution is 2.44. The van der Waals surface area contributed by atoms with E-state index in [4.69, 9.17) is 15.2 Å². The van der Waals surface area contributed by atoms with Crippen LogP contribution in [0.1, 0.15) is 68.6 Å². The first-order valence-electron chi connectivity index (χ1n) is 12.0. The zero-order valence-corrected chi connectivity index (χ0v) is 20.3. The number of nitrogens with zero attached hydrogens (tertiary/aromatic N) is 1. The Morgan fingerprint density at radius 3 is 2.60 bits per heavy atom. The number of alkyl halides is 2. The number of halogens is 2. The lowest BCUT2D eigenvalue weighted by Crippen LogP contribution is -2.38. The normalized spacial score (nSPS) is 18.8. The zero-order chi connectivity index (χ0) is 25.3. The number of rotatable bonds is 8. The van der Waals surface area contributed by atoms with Crippen LogP contribution in [0.5, 0.6) is 11.6 Å². The monoisotopic (exact) mass is 486 g/mol. The smallest absolute Gasteiger partial charge is 0.388 e. The Balaban J connectivity index is 1.91. The summed E-state index contributed by atoms with van der Waals surface area (Å²) in [6.45, 7) is 1.78. The van der Waals surface area contributed by atoms with Crippen molar-refractivity contribution in [1.82, 2.24) is 4.98 Å². The number of hydrogen-bond acceptors (Lipinski definition) is 5. The highest BCUT2D eigenvalue weighted by molar-refractivity contribution is 5.93. The average Bonchev–Trinajstić information content (AvgIpc) is 3.31. The van der Waals surface area contributed by atoms with Gasteiger partial charge in [-0.15, -0.1) is 0 Å². The largest absolute Gasteiger partial charge is 0.478 e. The molecule has 1 atom stereocenters. The van der Waals surface area contributed by atoms with Gasteiger partial charge < -0.3 is 20.3 Å². The average molecular weight is 487 g/mol. The van der Waals surface area contributed by atoms with E-state index >= 15 is 0 Å². The molecular weight excluding hydrogens is 454 g/mol. The lowest BCUT2D eigenvalue weighted by Gasteiger charge is -2.26. The number of aromatic nitrogens is 1. The summed E-state index contributed by atoms with van der Waals surface area (Å²) in [4.78, 5) is 16.4. The number of aryl methyl sites for hydroxylation is 1. The summed E-state index contributed by atoms with van der Waals surface area (Å²) in [7, 11) is 0. The van der Waals surface area contributed by atoms with Crippen molar-refractivity contribution in [3.8, 4) is 11.6 Å². The van der Waals surface area contributed by atoms with E-state index < -0.39 is 18.2 Å². The maximum atomic E-state index is 13.5. The Kier molecular flexibility index (Phi) is 7.01. The fraction of sp³-hybridized carbons (Fsp3) is 0.481. The number of carbonyl (C=O) groups is 1. The van der Waals surface area contributed by atoms with Crippen molar-refractivity contribution in [2.45, 2.75) is 77.4 Å². The summed E-state index contributed by atoms with van der Waals surface area (Å²) in [5.41, 5.74) is 7.79. The van der Waals surface area contributed by atoms with Crippen molar-refractivity contribution in [2.24, 2.45) is 11.7 Å². The van der Waals surface area contributed by atoms with Crippen molar-refractivity contribution in [3.63, 3.8) is 0 Å². The molecule has 0 aliphatic heterocycles. The number of benzene rings is 1. The minimum absolute atomic E-state index is 0.0399. The molecule has 0 radical (unpaired) electrons. The molecule has 35 heavy (non-hydrogen) atoms. The Morgan fingerprint density at radius 2 is 2.00 bits per heavy atom. The summed E-state index contributed by atoms with van der Waals surface area (Å²) in [6.07, 6.45) is 11.0. The van der Waals surface area contributed by atoms with Crippen LogP contribution in [0.3, 0.4) is 0 Å². The highest BCUT2D eigenvalue weighted by atomic mass is 19.3. The van der Waals surface area contributed by atoms with E-state index in [1.54, 1.807) is 6.07 Å². The number of pyridine rings is 1. The number of allylic oxidation sites excluding steroid dienone is 3. The van der Waals surface area contributed by atoms with Crippen molar-refractivity contribution >= 4 is 16.9 Å². The number of carboxylic acids is 1. The lowest BCUT2D eigenvalue weighted by molar-refractivity contribution is -0.152. The van der Waals surface area contributed by atoms with Gasteiger partial charge in [-0.2, -0.15) is 8.78 Å². The standard InChI is InChI=1S/C27H32F2N2O4/c1-15-20(14-16-8-10-18(30)11-9-16)24(34-26(28)29)31-23-19(17-6-4-5-7-17)12-13-21(22(15)23)35-27(2,3)25(32)33/h8,10-13,16-17,26H,4-7,9,14,30H2,1-3H3,(H,32,33). The van der Waals surface area contributed by atoms with Gasteiger partial charge in [-0.25, -0.2) is 9.78 Å². The van der Waals surface area contributed by atoms with Crippen LogP contribution in [0.15, 0.2) is 36.1 Å². The van der Waals surface area contributed by atoms with Gasteiger partial charge in [-0.1, -0.05) is 31.1 Å². The molecule has 188 valence electrons. The summed E-state index contributed by atoms with van der Waals surface area (Å²) in [6, 6.07) is 3.68. The Morgan fingerprint density at radius 1 is 1.29 bits per heavy atom. The van der Waals surface area contributed by atoms with Crippen LogP contribution < -0.4 is 15.2 Å². The van der Waals surface area contributed by atoms with E-state index in [9.17, 15) is 18.7 Å². The van der Waals surface area contributed by atoms with Crippen molar-refractivity contribution in [1.29, 1.82) is 0 Å². The molecule has 2 aliphatic rings. The van der Waals surface area contributed by atoms with Gasteiger partial charge >= 0.3 is 12.6 Å². The van der Waals surface area contributed by atoms with E-state index in [1.807, 2.05) is 31.2 Å². The van der Waals surface area contributed by atoms with Gasteiger partial charge in [0.05, 0.1) is 5.52 Å². The first-order valence-corrected chi connectivity index (χ1v) is 12.0. The quantitative estimate of drug-likeness (QED) is 0.475. The molecule has 2 aromatic rings. The van der Waals surface area contributed by atoms with Gasteiger partial charge in [0.15, 0.2) is 5.60 Å². The van der Waals surface area contributed by atoms with E-state index in [0.717, 1.165) is 31.2 Å². The van der Waals surface area contributed by atoms with E-state index in [0.29, 0.717) is 46.3 Å². The fourth-order valence-electron chi connectivity index (χ4n) is 5.04. The van der Waals surface area contributed by atoms with Gasteiger partial charge in [0, 0.05) is 16.6 Å². The third-order valence-electron chi connectivity index (χ3n) is 7.03. The van der Waals surface area contributed by atoms with Crippen molar-refractivity contribution in [2.75, 3.05) is 0 Å². The number of carboxylic acid groups (broad SMARTS) is 1. The zero-order valence-electron chi connectivity index (χ0n) is 20.3. The number of hydrogen-bond donors (Lipinski definition) is 2. The fourth-order valence-corrected chi connectivity index (χ4v) is 5.04. The highest BCUT2D eigenvalue weighted by Gasteiger charge is 2.32. The van der Waals surface area contributed by atoms with Crippen LogP contribution in [-0.2, 0) is 11.2 Å². The predicted molar refractivity (Wildman–Crippen MR) is 130 cm³/mol. The third-order valence-corrected chi connectivity index (χ3v) is 7.03. The second-order valence-corrected chi connectivity index (χ2v) is 9.94. The van der Waals surface area contributed by atoms with Gasteiger partial charge in [0.2, 0.25) is 5.88 Å².